The quantitative estimate of drug-likeness (QED) is 0.0975. The molecule has 3 heteroatoms. The van der Waals surface area contributed by atoms with Crippen molar-refractivity contribution in [1.82, 2.24) is 0 Å². The van der Waals surface area contributed by atoms with E-state index in [1.807, 2.05) is 0 Å². The minimum atomic E-state index is -1.19. The molecule has 2 nitrogen and oxygen atoms in total. The Balaban J connectivity index is 0. The molecule has 0 aliphatic heterocycles. The molecule has 0 aromatic heterocycles. The Kier molecular flexibility index (Phi) is 30.9. The zero-order chi connectivity index (χ0) is 22.0. The first-order valence-corrected chi connectivity index (χ1v) is 21.3. The van der Waals surface area contributed by atoms with Crippen LogP contribution in [0.5, 0.6) is 0 Å². The molecule has 29 heavy (non-hydrogen) atoms. The summed E-state index contributed by atoms with van der Waals surface area (Å²) in [6.45, 7) is 7.95. The van der Waals surface area contributed by atoms with Gasteiger partial charge in [-0.3, -0.25) is 0 Å². The van der Waals surface area contributed by atoms with Gasteiger partial charge in [0, 0.05) is 5.97 Å². The number of hydrogen-bond donors (Lipinski definition) is 0. The summed E-state index contributed by atoms with van der Waals surface area (Å²) in [5.74, 6) is -1.08. The number of rotatable bonds is 21. The molecule has 0 aliphatic carbocycles. The monoisotopic (exact) mass is 606 g/mol. The van der Waals surface area contributed by atoms with Gasteiger partial charge in [-0.15, -0.1) is 0 Å². The van der Waals surface area contributed by atoms with Crippen molar-refractivity contribution < 1.29 is 9.90 Å². The third kappa shape index (κ3) is 33.2. The molecule has 0 heterocycles. The number of aliphatic carboxylic acids is 1. The van der Waals surface area contributed by atoms with Gasteiger partial charge in [0.2, 0.25) is 0 Å². The van der Waals surface area contributed by atoms with Crippen LogP contribution in [0.1, 0.15) is 143 Å². The van der Waals surface area contributed by atoms with Gasteiger partial charge in [0.05, 0.1) is 0 Å². The zero-order valence-corrected chi connectivity index (χ0v) is 24.6. The molecule has 0 atom stereocenters. The van der Waals surface area contributed by atoms with Crippen LogP contribution >= 0.6 is 0 Å². The predicted molar refractivity (Wildman–Crippen MR) is 131 cm³/mol. The average Bonchev–Trinajstić information content (AvgIpc) is 2.68. The van der Waals surface area contributed by atoms with E-state index < -0.39 is 28.7 Å². The Morgan fingerprint density at radius 1 is 0.517 bits per heavy atom. The second-order valence-corrected chi connectivity index (χ2v) is 20.5. The molecule has 0 amide bonds. The maximum absolute atomic E-state index is 8.89. The van der Waals surface area contributed by atoms with E-state index in [9.17, 15) is 0 Å². The molecule has 0 unspecified atom stereocenters. The van der Waals surface area contributed by atoms with Gasteiger partial charge in [-0.1, -0.05) is 0 Å². The molecule has 0 saturated heterocycles. The molecule has 0 aromatic carbocycles. The molecule has 0 aliphatic rings. The molecule has 0 spiro atoms. The zero-order valence-electron chi connectivity index (χ0n) is 20.7. The van der Waals surface area contributed by atoms with Gasteiger partial charge in [-0.25, -0.2) is 0 Å². The second kappa shape index (κ2) is 28.4. The van der Waals surface area contributed by atoms with E-state index >= 15 is 0 Å². The summed E-state index contributed by atoms with van der Waals surface area (Å²) in [5.41, 5.74) is 0. The van der Waals surface area contributed by atoms with Gasteiger partial charge in [-0.05, 0) is 6.92 Å². The van der Waals surface area contributed by atoms with Crippen molar-refractivity contribution in [3.63, 3.8) is 0 Å². The van der Waals surface area contributed by atoms with Gasteiger partial charge < -0.3 is 9.90 Å². The Bertz CT molecular complexity index is 265. The summed E-state index contributed by atoms with van der Waals surface area (Å²) in [5, 5.41) is 8.89. The molecule has 0 radical (unpaired) electrons. The maximum atomic E-state index is 8.89. The normalized spacial score (nSPS) is 10.5. The molecule has 0 bridgehead atoms. The molecule has 0 rings (SSSR count). The summed E-state index contributed by atoms with van der Waals surface area (Å²) >= 11 is -1.19. The van der Waals surface area contributed by atoms with Crippen molar-refractivity contribution in [2.45, 2.75) is 155 Å². The minimum absolute atomic E-state index is 0.972. The fraction of sp³-hybridized carbons (Fsp3) is 0.962. The fourth-order valence-corrected chi connectivity index (χ4v) is 15.5. The summed E-state index contributed by atoms with van der Waals surface area (Å²) < 4.78 is 5.21. The Hall–Kier alpha value is 0.392. The van der Waals surface area contributed by atoms with Crippen molar-refractivity contribution in [1.29, 1.82) is 0 Å². The van der Waals surface area contributed by atoms with E-state index in [4.69, 9.17) is 9.90 Å². The first-order valence-electron chi connectivity index (χ1n) is 13.1. The standard InChI is InChI=1S/3C8H17.C2H4O2.Pb/c3*1-3-5-7-8-6-4-2;1-2(3)4;/h3*1,3-8H2,2H3;1H3,(H,3,4);/q;;;;+1/p-1. The third-order valence-corrected chi connectivity index (χ3v) is 18.0. The van der Waals surface area contributed by atoms with Crippen LogP contribution in [0.2, 0.25) is 11.9 Å². The van der Waals surface area contributed by atoms with Crippen LogP contribution < -0.4 is 5.11 Å². The van der Waals surface area contributed by atoms with Crippen molar-refractivity contribution in [3.8, 4) is 0 Å². The van der Waals surface area contributed by atoms with Crippen LogP contribution in [0.3, 0.4) is 0 Å². The number of carbonyl (C=O) groups is 1. The SMILES string of the molecule is CC(=O)[O-].CCCCCCC[CH2][Pb+]([CH2]CCCCCCC)[CH2]CCCCCCC. The molecule has 0 N–H and O–H groups in total. The topological polar surface area (TPSA) is 40.1 Å². The van der Waals surface area contributed by atoms with E-state index in [0.29, 0.717) is 0 Å². The van der Waals surface area contributed by atoms with Gasteiger partial charge in [0.1, 0.15) is 0 Å². The van der Waals surface area contributed by atoms with Crippen molar-refractivity contribution in [2.75, 3.05) is 0 Å². The van der Waals surface area contributed by atoms with Gasteiger partial charge in [-0.2, -0.15) is 0 Å². The van der Waals surface area contributed by atoms with Crippen LogP contribution in [-0.4, -0.2) is 28.7 Å². The van der Waals surface area contributed by atoms with Crippen LogP contribution in [0.4, 0.5) is 0 Å². The fourth-order valence-electron chi connectivity index (χ4n) is 3.84. The van der Waals surface area contributed by atoms with Crippen LogP contribution in [0.15, 0.2) is 0 Å². The Morgan fingerprint density at radius 2 is 0.724 bits per heavy atom. The number of hydrogen-bond acceptors (Lipinski definition) is 2. The predicted octanol–water partition coefficient (Wildman–Crippen LogP) is 8.32. The number of carboxylic acid groups (broad SMARTS) is 1. The van der Waals surface area contributed by atoms with Crippen molar-refractivity contribution in [3.05, 3.63) is 0 Å². The van der Waals surface area contributed by atoms with E-state index in [1.165, 1.54) is 77.0 Å². The summed E-state index contributed by atoms with van der Waals surface area (Å²) in [4.78, 5) is 8.89. The summed E-state index contributed by atoms with van der Waals surface area (Å²) in [6.07, 6.45) is 27.0. The molecule has 0 fully saturated rings. The van der Waals surface area contributed by atoms with Crippen LogP contribution in [0, 0.1) is 0 Å². The average molecular weight is 606 g/mol. The van der Waals surface area contributed by atoms with E-state index in [0.717, 1.165) is 6.92 Å². The summed E-state index contributed by atoms with van der Waals surface area (Å²) in [7, 11) is 0. The second-order valence-electron chi connectivity index (χ2n) is 8.79. The van der Waals surface area contributed by atoms with Gasteiger partial charge in [0.25, 0.3) is 0 Å². The van der Waals surface area contributed by atoms with Crippen LogP contribution in [0.25, 0.3) is 0 Å². The third-order valence-electron chi connectivity index (χ3n) is 5.65. The molecule has 0 aromatic rings. The van der Waals surface area contributed by atoms with E-state index in [-0.39, 0.29) is 0 Å². The van der Waals surface area contributed by atoms with E-state index in [1.54, 1.807) is 50.5 Å². The van der Waals surface area contributed by atoms with Crippen molar-refractivity contribution in [2.24, 2.45) is 0 Å². The van der Waals surface area contributed by atoms with Gasteiger partial charge in [0.15, 0.2) is 0 Å². The van der Waals surface area contributed by atoms with Crippen LogP contribution in [-0.2, 0) is 4.79 Å². The molecule has 0 saturated carbocycles. The summed E-state index contributed by atoms with van der Waals surface area (Å²) in [6, 6.07) is 0. The molecular formula is C26H54O2Pb. The first kappa shape index (κ1) is 31.6. The molecular weight excluding hydrogens is 551 g/mol. The number of carboxylic acids is 1. The molecule has 174 valence electrons. The number of carbonyl (C=O) groups excluding carboxylic acids is 1. The Morgan fingerprint density at radius 3 is 0.966 bits per heavy atom. The van der Waals surface area contributed by atoms with E-state index in [2.05, 4.69) is 20.8 Å². The van der Waals surface area contributed by atoms with Crippen molar-refractivity contribution >= 4 is 28.7 Å². The van der Waals surface area contributed by atoms with Gasteiger partial charge >= 0.3 is 171 Å². The first-order chi connectivity index (χ1) is 14.1. The Labute approximate surface area is 193 Å². The number of unbranched alkanes of at least 4 members (excludes halogenated alkanes) is 15.